The number of hydrogen-bond donors (Lipinski definition) is 1. The van der Waals surface area contributed by atoms with Gasteiger partial charge in [-0.2, -0.15) is 5.01 Å². The average Bonchev–Trinajstić information content (AvgIpc) is 2.82. The van der Waals surface area contributed by atoms with Crippen LogP contribution in [0.1, 0.15) is 59.6 Å². The van der Waals surface area contributed by atoms with Crippen LogP contribution in [0.4, 0.5) is 15.3 Å². The Hall–Kier alpha value is -2.50. The molecule has 1 aromatic rings. The first-order valence-electron chi connectivity index (χ1n) is 8.68. The maximum Gasteiger partial charge on any atom is 0.434 e. The highest BCUT2D eigenvalue weighted by molar-refractivity contribution is 5.91. The highest BCUT2D eigenvalue weighted by Gasteiger charge is 2.28. The van der Waals surface area contributed by atoms with Crippen LogP contribution in [-0.4, -0.2) is 23.4 Å². The molecular formula is C20H28N2O4. The minimum absolute atomic E-state index is 0.513. The van der Waals surface area contributed by atoms with E-state index in [1.807, 2.05) is 19.1 Å². The van der Waals surface area contributed by atoms with Crippen molar-refractivity contribution in [2.75, 3.05) is 5.01 Å². The van der Waals surface area contributed by atoms with Crippen LogP contribution in [0.3, 0.4) is 0 Å². The lowest BCUT2D eigenvalue weighted by molar-refractivity contribution is 0.0425. The van der Waals surface area contributed by atoms with Crippen molar-refractivity contribution in [3.05, 3.63) is 35.4 Å². The van der Waals surface area contributed by atoms with Gasteiger partial charge in [0.15, 0.2) is 0 Å². The molecule has 26 heavy (non-hydrogen) atoms. The van der Waals surface area contributed by atoms with Gasteiger partial charge in [0.2, 0.25) is 0 Å². The van der Waals surface area contributed by atoms with E-state index >= 15 is 0 Å². The third-order valence-corrected chi connectivity index (χ3v) is 3.58. The zero-order chi connectivity index (χ0) is 19.7. The number of hydrazine groups is 1. The molecule has 0 fully saturated rings. The van der Waals surface area contributed by atoms with Crippen LogP contribution in [0.5, 0.6) is 0 Å². The molecule has 0 heterocycles. The molecule has 142 valence electrons. The van der Waals surface area contributed by atoms with Gasteiger partial charge in [-0.05, 0) is 83.7 Å². The average molecular weight is 360 g/mol. The van der Waals surface area contributed by atoms with Gasteiger partial charge in [0.1, 0.15) is 11.2 Å². The number of ether oxygens (including phenoxy) is 2. The van der Waals surface area contributed by atoms with Crippen LogP contribution in [0.25, 0.3) is 5.57 Å². The maximum atomic E-state index is 12.7. The van der Waals surface area contributed by atoms with E-state index in [4.69, 9.17) is 9.47 Å². The smallest absolute Gasteiger partial charge is 0.434 e. The molecule has 1 aliphatic carbocycles. The molecule has 0 unspecified atom stereocenters. The van der Waals surface area contributed by atoms with Gasteiger partial charge in [0.05, 0.1) is 5.69 Å². The lowest BCUT2D eigenvalue weighted by atomic mass is 10.1. The van der Waals surface area contributed by atoms with Crippen LogP contribution >= 0.6 is 0 Å². The van der Waals surface area contributed by atoms with Crippen molar-refractivity contribution in [1.82, 2.24) is 5.43 Å². The Labute approximate surface area is 155 Å². The number of carbonyl (C=O) groups is 2. The first-order chi connectivity index (χ1) is 11.9. The number of carbonyl (C=O) groups excluding carboxylic acids is 2. The third-order valence-electron chi connectivity index (χ3n) is 3.58. The molecule has 0 saturated carbocycles. The Morgan fingerprint density at radius 3 is 2.23 bits per heavy atom. The van der Waals surface area contributed by atoms with Crippen LogP contribution in [0, 0.1) is 0 Å². The van der Waals surface area contributed by atoms with Crippen molar-refractivity contribution in [2.24, 2.45) is 0 Å². The van der Waals surface area contributed by atoms with Crippen LogP contribution in [0.15, 0.2) is 24.3 Å². The molecule has 6 nitrogen and oxygen atoms in total. The zero-order valence-corrected chi connectivity index (χ0v) is 16.6. The SMILES string of the molecule is CC1=CCc2ccc(N(NC(=O)OC(C)(C)C)C(=O)OC(C)(C)C)cc21. The molecular weight excluding hydrogens is 332 g/mol. The number of nitrogens with one attached hydrogen (secondary N) is 1. The summed E-state index contributed by atoms with van der Waals surface area (Å²) in [7, 11) is 0. The first kappa shape index (κ1) is 19.8. The number of amides is 2. The van der Waals surface area contributed by atoms with Crippen molar-refractivity contribution in [1.29, 1.82) is 0 Å². The highest BCUT2D eigenvalue weighted by Crippen LogP contribution is 2.31. The molecule has 6 heteroatoms. The van der Waals surface area contributed by atoms with Gasteiger partial charge in [-0.25, -0.2) is 15.0 Å². The van der Waals surface area contributed by atoms with Crippen LogP contribution in [0.2, 0.25) is 0 Å². The summed E-state index contributed by atoms with van der Waals surface area (Å²) in [6.45, 7) is 12.6. The summed E-state index contributed by atoms with van der Waals surface area (Å²) in [5.74, 6) is 0. The summed E-state index contributed by atoms with van der Waals surface area (Å²) in [6, 6.07) is 5.60. The van der Waals surface area contributed by atoms with E-state index in [-0.39, 0.29) is 0 Å². The molecule has 0 bridgehead atoms. The monoisotopic (exact) mass is 360 g/mol. The standard InChI is InChI=1S/C20H28N2O4/c1-13-8-9-14-10-11-15(12-16(13)14)22(18(24)26-20(5,6)7)21-17(23)25-19(2,3)4/h8,10-12H,9H2,1-7H3,(H,21,23). The fourth-order valence-corrected chi connectivity index (χ4v) is 2.54. The summed E-state index contributed by atoms with van der Waals surface area (Å²) in [6.07, 6.45) is 1.60. The maximum absolute atomic E-state index is 12.7. The summed E-state index contributed by atoms with van der Waals surface area (Å²) < 4.78 is 10.7. The predicted molar refractivity (Wildman–Crippen MR) is 102 cm³/mol. The van der Waals surface area contributed by atoms with Crippen molar-refractivity contribution in [2.45, 2.75) is 66.1 Å². The van der Waals surface area contributed by atoms with E-state index in [9.17, 15) is 9.59 Å². The molecule has 1 aliphatic rings. The summed E-state index contributed by atoms with van der Waals surface area (Å²) >= 11 is 0. The largest absolute Gasteiger partial charge is 0.443 e. The molecule has 1 N–H and O–H groups in total. The summed E-state index contributed by atoms with van der Waals surface area (Å²) in [5, 5.41) is 1.09. The molecule has 0 radical (unpaired) electrons. The second-order valence-electron chi connectivity index (χ2n) is 8.36. The Kier molecular flexibility index (Phi) is 5.35. The van der Waals surface area contributed by atoms with E-state index in [1.54, 1.807) is 47.6 Å². The number of fused-ring (bicyclic) bond motifs is 1. The topological polar surface area (TPSA) is 67.9 Å². The summed E-state index contributed by atoms with van der Waals surface area (Å²) in [5.41, 5.74) is 5.02. The Balaban J connectivity index is 2.31. The molecule has 0 spiro atoms. The Morgan fingerprint density at radius 2 is 1.65 bits per heavy atom. The third kappa shape index (κ3) is 5.25. The van der Waals surface area contributed by atoms with E-state index < -0.39 is 23.4 Å². The van der Waals surface area contributed by atoms with Gasteiger partial charge >= 0.3 is 12.2 Å². The zero-order valence-electron chi connectivity index (χ0n) is 16.6. The van der Waals surface area contributed by atoms with Crippen molar-refractivity contribution in [3.63, 3.8) is 0 Å². The molecule has 2 rings (SSSR count). The van der Waals surface area contributed by atoms with Gasteiger partial charge in [-0.1, -0.05) is 12.1 Å². The highest BCUT2D eigenvalue weighted by atomic mass is 16.6. The van der Waals surface area contributed by atoms with Gasteiger partial charge in [0.25, 0.3) is 0 Å². The lowest BCUT2D eigenvalue weighted by Crippen LogP contribution is -2.50. The Bertz CT molecular complexity index is 739. The number of benzene rings is 1. The second kappa shape index (κ2) is 7.02. The van der Waals surface area contributed by atoms with Gasteiger partial charge in [-0.15, -0.1) is 0 Å². The van der Waals surface area contributed by atoms with Crippen molar-refractivity contribution < 1.29 is 19.1 Å². The number of nitrogens with zero attached hydrogens (tertiary/aromatic N) is 1. The molecule has 1 aromatic carbocycles. The van der Waals surface area contributed by atoms with Crippen LogP contribution < -0.4 is 10.4 Å². The lowest BCUT2D eigenvalue weighted by Gasteiger charge is -2.29. The number of rotatable bonds is 1. The van der Waals surface area contributed by atoms with Gasteiger partial charge < -0.3 is 9.47 Å². The number of allylic oxidation sites excluding steroid dienone is 2. The number of anilines is 1. The minimum Gasteiger partial charge on any atom is -0.443 e. The van der Waals surface area contributed by atoms with Gasteiger partial charge in [0, 0.05) is 0 Å². The van der Waals surface area contributed by atoms with E-state index in [0.29, 0.717) is 5.69 Å². The second-order valence-corrected chi connectivity index (χ2v) is 8.36. The molecule has 0 aliphatic heterocycles. The van der Waals surface area contributed by atoms with Gasteiger partial charge in [-0.3, -0.25) is 0 Å². The fourth-order valence-electron chi connectivity index (χ4n) is 2.54. The number of hydrogen-bond acceptors (Lipinski definition) is 4. The van der Waals surface area contributed by atoms with Crippen molar-refractivity contribution in [3.8, 4) is 0 Å². The molecule has 0 saturated heterocycles. The normalized spacial score (nSPS) is 13.6. The van der Waals surface area contributed by atoms with E-state index in [0.717, 1.165) is 22.6 Å². The minimum atomic E-state index is -0.726. The molecule has 0 aromatic heterocycles. The molecule has 2 amide bonds. The summed E-state index contributed by atoms with van der Waals surface area (Å²) in [4.78, 5) is 24.9. The van der Waals surface area contributed by atoms with E-state index in [2.05, 4.69) is 11.5 Å². The predicted octanol–water partition coefficient (Wildman–Crippen LogP) is 4.83. The fraction of sp³-hybridized carbons (Fsp3) is 0.500. The van der Waals surface area contributed by atoms with Crippen LogP contribution in [-0.2, 0) is 15.9 Å². The molecule has 0 atom stereocenters. The van der Waals surface area contributed by atoms with E-state index in [1.165, 1.54) is 5.56 Å². The quantitative estimate of drug-likeness (QED) is 0.729. The van der Waals surface area contributed by atoms with Crippen molar-refractivity contribution >= 4 is 23.4 Å². The first-order valence-corrected chi connectivity index (χ1v) is 8.68. The Morgan fingerprint density at radius 1 is 1.04 bits per heavy atom.